The molecule has 10 heteroatoms. The van der Waals surface area contributed by atoms with Crippen molar-refractivity contribution in [2.75, 3.05) is 11.9 Å². The number of allylic oxidation sites excluding steroid dienone is 6. The van der Waals surface area contributed by atoms with E-state index in [0.29, 0.717) is 45.6 Å². The van der Waals surface area contributed by atoms with Crippen LogP contribution in [-0.4, -0.2) is 37.3 Å². The summed E-state index contributed by atoms with van der Waals surface area (Å²) in [6.45, 7) is 24.9. The minimum atomic E-state index is -0.677. The molecule has 1 aromatic heterocycles. The highest BCUT2D eigenvalue weighted by molar-refractivity contribution is 6.23. The number of Topliss-reactive ketones (excluding diaryl/α,β-unsaturated/α-hetero) is 1. The quantitative estimate of drug-likeness (QED) is 0.0454. The lowest BCUT2D eigenvalue weighted by Crippen LogP contribution is -2.51. The Bertz CT molecular complexity index is 3560. The first-order valence-electron chi connectivity index (χ1n) is 36.5. The van der Waals surface area contributed by atoms with Gasteiger partial charge in [0.25, 0.3) is 0 Å². The van der Waals surface area contributed by atoms with Gasteiger partial charge in [-0.15, -0.1) is 0 Å². The molecule has 9 aliphatic carbocycles. The molecule has 6 fully saturated rings. The van der Waals surface area contributed by atoms with Gasteiger partial charge in [0, 0.05) is 66.2 Å². The molecule has 13 rings (SSSR count). The standard InChI is InChI=1S/C82H108N2O8/c1-49(2)15-13-17-51(5)67-29-31-69-63-27-21-55-45-61(35-39-79(55,7)71(63)37-41-81(67,69)9)91-77(87)89-59-25-33-73-53(43-59)19-23-57(83(73)11)47-65-75(85)66(76(65)86)48-58-24-20-54-44-60(26-34-74(54)84(58)12)90-78(88)92-62-36-40-80(8)56(46-62)22-28-64-70-32-30-68(52(6)18-14-16-50(3)4)82(70,10)42-38-72(64)80/h19-26,33-34,43-44,47-52,61-64,67-72H,13-18,27-32,35-42,45-46H2,1-12H3/t51-,52-,61+,62+,63+,64+,67-,68-,69+,70+,71+,72+,79+,80+,81-,82-/m1/s1. The van der Waals surface area contributed by atoms with E-state index < -0.39 is 12.3 Å². The summed E-state index contributed by atoms with van der Waals surface area (Å²) >= 11 is 0. The number of benzene rings is 2. The molecule has 16 atom stereocenters. The summed E-state index contributed by atoms with van der Waals surface area (Å²) < 4.78 is 25.8. The predicted octanol–water partition coefficient (Wildman–Crippen LogP) is 19.1. The second kappa shape index (κ2) is 25.3. The Morgan fingerprint density at radius 1 is 0.630 bits per heavy atom. The molecule has 0 bridgehead atoms. The van der Waals surface area contributed by atoms with Gasteiger partial charge in [-0.25, -0.2) is 9.59 Å². The molecule has 0 N–H and O–H groups in total. The van der Waals surface area contributed by atoms with Crippen LogP contribution in [0, 0.1) is 92.7 Å². The maximum absolute atomic E-state index is 13.7. The Labute approximate surface area is 550 Å². The molecular weight excluding hydrogens is 1140 g/mol. The van der Waals surface area contributed by atoms with Crippen molar-refractivity contribution in [2.45, 2.75) is 223 Å². The molecule has 0 unspecified atom stereocenters. The van der Waals surface area contributed by atoms with Gasteiger partial charge in [0.1, 0.15) is 30.8 Å². The third-order valence-electron chi connectivity index (χ3n) is 27.4. The van der Waals surface area contributed by atoms with Crippen LogP contribution in [0.25, 0.3) is 23.1 Å². The smallest absolute Gasteiger partial charge is 0.514 e. The fourth-order valence-electron chi connectivity index (χ4n) is 22.2. The van der Waals surface area contributed by atoms with Crippen LogP contribution in [0.1, 0.15) is 222 Å². The number of carbonyl (C=O) groups excluding carboxylic acids is 3. The Balaban J connectivity index is 0.586. The molecule has 2 aromatic carbocycles. The molecule has 3 aromatic rings. The normalized spacial score (nSPS) is 35.2. The zero-order chi connectivity index (χ0) is 64.8. The number of pyridine rings is 1. The largest absolute Gasteiger partial charge is 0.871 e. The summed E-state index contributed by atoms with van der Waals surface area (Å²) in [7, 11) is 3.79. The number of ketones is 1. The van der Waals surface area contributed by atoms with E-state index in [4.69, 9.17) is 18.9 Å². The topological polar surface area (TPSA) is 118 Å². The molecule has 494 valence electrons. The van der Waals surface area contributed by atoms with Gasteiger partial charge < -0.3 is 29.0 Å². The fourth-order valence-corrected chi connectivity index (χ4v) is 22.2. The number of nitrogens with zero attached hydrogens (tertiary/aromatic N) is 2. The number of ether oxygens (including phenoxy) is 4. The molecule has 10 nitrogen and oxygen atoms in total. The highest BCUT2D eigenvalue weighted by Crippen LogP contribution is 2.69. The SMILES string of the molecule is CC(C)CCC[C@@H](C)[C@H]1CC[C@H]2[C@@H]3CC=C4C[C@@H](OC(=O)Oc5ccc6c(c5)C=C/C(=C/C5=C([O-])C(=C/c7ccc8cc(OC(=O)O[C@H]9CC[C@@]%10(C)C(=CC[C@H]%11[C@@H]%12CC[C@H]([C@H](C)CCCC(C)C)[C@@]%12(C)CC[C@@H]%11%10)C9)ccc8[n+]7C)/C5=O)N6C)CC[C@]4(C)[C@H]3CC[C@]12C. The van der Waals surface area contributed by atoms with Crippen molar-refractivity contribution < 1.29 is 43.0 Å². The third-order valence-corrected chi connectivity index (χ3v) is 27.4. The van der Waals surface area contributed by atoms with Gasteiger partial charge in [-0.05, 0) is 231 Å². The number of anilines is 1. The second-order valence-corrected chi connectivity index (χ2v) is 33.1. The van der Waals surface area contributed by atoms with Gasteiger partial charge in [0.05, 0.1) is 5.39 Å². The van der Waals surface area contributed by atoms with Crippen LogP contribution in [0.4, 0.5) is 15.3 Å². The number of hydrogen-bond acceptors (Lipinski definition) is 9. The van der Waals surface area contributed by atoms with Gasteiger partial charge in [-0.2, -0.15) is 4.57 Å². The van der Waals surface area contributed by atoms with E-state index in [1.807, 2.05) is 72.1 Å². The molecule has 10 aliphatic rings. The number of carbonyl (C=O) groups is 3. The molecular formula is C82H108N2O8. The highest BCUT2D eigenvalue weighted by Gasteiger charge is 2.61. The number of fused-ring (bicyclic) bond motifs is 12. The summed E-state index contributed by atoms with van der Waals surface area (Å²) in [5, 5.41) is 14.6. The third kappa shape index (κ3) is 11.8. The number of aromatic nitrogens is 1. The fraction of sp³-hybridized carbons (Fsp3) is 0.634. The van der Waals surface area contributed by atoms with Gasteiger partial charge >= 0.3 is 12.3 Å². The number of aryl methyl sites for hydroxylation is 1. The summed E-state index contributed by atoms with van der Waals surface area (Å²) in [6.07, 6.45) is 37.1. The number of likely N-dealkylation sites (N-methyl/N-ethyl adjacent to an activating group) is 1. The molecule has 92 heavy (non-hydrogen) atoms. The first-order chi connectivity index (χ1) is 43.9. The van der Waals surface area contributed by atoms with Crippen molar-refractivity contribution in [1.29, 1.82) is 0 Å². The Kier molecular flexibility index (Phi) is 17.9. The van der Waals surface area contributed by atoms with Gasteiger partial charge in [-0.3, -0.25) is 4.79 Å². The van der Waals surface area contributed by atoms with Crippen LogP contribution in [0.2, 0.25) is 0 Å². The van der Waals surface area contributed by atoms with Gasteiger partial charge in [0.15, 0.2) is 5.78 Å². The monoisotopic (exact) mass is 1250 g/mol. The van der Waals surface area contributed by atoms with E-state index in [1.165, 1.54) is 101 Å². The lowest BCUT2D eigenvalue weighted by Gasteiger charge is -2.58. The maximum atomic E-state index is 13.7. The average molecular weight is 1250 g/mol. The zero-order valence-corrected chi connectivity index (χ0v) is 57.9. The van der Waals surface area contributed by atoms with E-state index in [-0.39, 0.29) is 45.7 Å². The van der Waals surface area contributed by atoms with Crippen LogP contribution in [0.3, 0.4) is 0 Å². The molecule has 0 saturated heterocycles. The van der Waals surface area contributed by atoms with Crippen molar-refractivity contribution in [3.63, 3.8) is 0 Å². The van der Waals surface area contributed by atoms with E-state index in [9.17, 15) is 19.5 Å². The van der Waals surface area contributed by atoms with E-state index >= 15 is 0 Å². The minimum Gasteiger partial charge on any atom is -0.871 e. The van der Waals surface area contributed by atoms with Crippen molar-refractivity contribution in [3.05, 3.63) is 118 Å². The summed E-state index contributed by atoms with van der Waals surface area (Å²) in [5.74, 6) is 9.58. The van der Waals surface area contributed by atoms with Crippen LogP contribution >= 0.6 is 0 Å². The summed E-state index contributed by atoms with van der Waals surface area (Å²) in [6, 6.07) is 14.7. The first kappa shape index (κ1) is 64.8. The zero-order valence-electron chi connectivity index (χ0n) is 57.9. The van der Waals surface area contributed by atoms with Crippen LogP contribution < -0.4 is 24.0 Å². The molecule has 0 spiro atoms. The van der Waals surface area contributed by atoms with Crippen LogP contribution in [-0.2, 0) is 21.3 Å². The number of hydrogen-bond donors (Lipinski definition) is 0. The van der Waals surface area contributed by atoms with E-state index in [0.717, 1.165) is 133 Å². The lowest BCUT2D eigenvalue weighted by molar-refractivity contribution is -0.646. The summed E-state index contributed by atoms with van der Waals surface area (Å²) in [4.78, 5) is 42.5. The van der Waals surface area contributed by atoms with Gasteiger partial charge in [-0.1, -0.05) is 143 Å². The molecule has 6 saturated carbocycles. The molecule has 0 radical (unpaired) electrons. The summed E-state index contributed by atoms with van der Waals surface area (Å²) in [5.41, 5.74) is 8.37. The van der Waals surface area contributed by atoms with E-state index in [1.54, 1.807) is 24.3 Å². The van der Waals surface area contributed by atoms with Crippen LogP contribution in [0.15, 0.2) is 107 Å². The van der Waals surface area contributed by atoms with E-state index in [2.05, 4.69) is 81.4 Å². The van der Waals surface area contributed by atoms with Crippen LogP contribution in [0.5, 0.6) is 11.5 Å². The Morgan fingerprint density at radius 2 is 1.16 bits per heavy atom. The van der Waals surface area contributed by atoms with Gasteiger partial charge in [0.2, 0.25) is 11.2 Å². The van der Waals surface area contributed by atoms with Crippen molar-refractivity contribution in [3.8, 4) is 11.5 Å². The molecule has 1 aliphatic heterocycles. The number of rotatable bonds is 16. The highest BCUT2D eigenvalue weighted by atomic mass is 16.7. The Morgan fingerprint density at radius 3 is 1.70 bits per heavy atom. The minimum absolute atomic E-state index is 0.123. The van der Waals surface area contributed by atoms with Crippen molar-refractivity contribution in [2.24, 2.45) is 99.7 Å². The first-order valence-corrected chi connectivity index (χ1v) is 36.5. The molecule has 0 amide bonds. The molecule has 2 heterocycles. The second-order valence-electron chi connectivity index (χ2n) is 33.1. The maximum Gasteiger partial charge on any atom is 0.514 e. The van der Waals surface area contributed by atoms with Crippen molar-refractivity contribution >= 4 is 46.8 Å². The average Bonchev–Trinajstić information content (AvgIpc) is 1.40. The lowest BCUT2D eigenvalue weighted by atomic mass is 9.47. The van der Waals surface area contributed by atoms with Crippen molar-refractivity contribution in [1.82, 2.24) is 0 Å². The predicted molar refractivity (Wildman–Crippen MR) is 365 cm³/mol. The Hall–Kier alpha value is -5.90.